The lowest BCUT2D eigenvalue weighted by molar-refractivity contribution is -0.946. The van der Waals surface area contributed by atoms with Gasteiger partial charge < -0.3 is 19.1 Å². The van der Waals surface area contributed by atoms with E-state index in [2.05, 4.69) is 30.3 Å². The predicted molar refractivity (Wildman–Crippen MR) is 138 cm³/mol. The number of ether oxygens (including phenoxy) is 2. The third-order valence-electron chi connectivity index (χ3n) is 8.56. The van der Waals surface area contributed by atoms with E-state index in [1.54, 1.807) is 24.3 Å². The second-order valence-corrected chi connectivity index (χ2v) is 10.7. The largest absolute Gasteiger partial charge is 0.457 e. The number of aliphatic hydroxyl groups is 1. The van der Waals surface area contributed by atoms with E-state index in [0.29, 0.717) is 28.5 Å². The van der Waals surface area contributed by atoms with Crippen molar-refractivity contribution in [1.82, 2.24) is 0 Å². The Kier molecular flexibility index (Phi) is 6.06. The molecule has 0 amide bonds. The van der Waals surface area contributed by atoms with Gasteiger partial charge >= 0.3 is 5.97 Å². The summed E-state index contributed by atoms with van der Waals surface area (Å²) in [5, 5.41) is 11.9. The van der Waals surface area contributed by atoms with Crippen LogP contribution in [-0.4, -0.2) is 47.8 Å². The summed E-state index contributed by atoms with van der Waals surface area (Å²) in [6.45, 7) is 4.29. The average molecular weight is 485 g/mol. The van der Waals surface area contributed by atoms with Crippen LogP contribution in [0.15, 0.2) is 78.9 Å². The smallest absolute Gasteiger partial charge is 0.348 e. The standard InChI is InChI=1S/C31H34NO4/c33-30(31(34)25-13-4-6-15-27(25)35-28-16-7-5-14-26(28)31)36-29-22-32(20-17-24(29)18-21-32)19-9-8-12-23-10-2-1-3-11-23/h1-7,10-11,13-16,24,29,34H,8-9,12,17-22H2/q+1. The van der Waals surface area contributed by atoms with Crippen molar-refractivity contribution in [3.63, 3.8) is 0 Å². The first-order valence-electron chi connectivity index (χ1n) is 13.3. The number of hydrogen-bond acceptors (Lipinski definition) is 4. The van der Waals surface area contributed by atoms with Crippen LogP contribution in [0.2, 0.25) is 0 Å². The molecule has 7 rings (SSSR count). The van der Waals surface area contributed by atoms with E-state index in [9.17, 15) is 9.90 Å². The molecular formula is C31H34NO4+. The fraction of sp³-hybridized carbons (Fsp3) is 0.387. The van der Waals surface area contributed by atoms with Crippen molar-refractivity contribution < 1.29 is 23.9 Å². The molecule has 5 nitrogen and oxygen atoms in total. The Bertz CT molecular complexity index is 1190. The van der Waals surface area contributed by atoms with Gasteiger partial charge in [0.15, 0.2) is 6.10 Å². The van der Waals surface area contributed by atoms with Gasteiger partial charge in [0.1, 0.15) is 18.0 Å². The molecule has 0 aromatic heterocycles. The fourth-order valence-electron chi connectivity index (χ4n) is 6.51. The van der Waals surface area contributed by atoms with Gasteiger partial charge in [0.2, 0.25) is 5.60 Å². The molecule has 2 bridgehead atoms. The lowest BCUT2D eigenvalue weighted by Crippen LogP contribution is -2.65. The Morgan fingerprint density at radius 3 is 2.17 bits per heavy atom. The molecule has 5 heteroatoms. The van der Waals surface area contributed by atoms with E-state index < -0.39 is 11.6 Å². The zero-order valence-electron chi connectivity index (χ0n) is 20.6. The summed E-state index contributed by atoms with van der Waals surface area (Å²) in [5.41, 5.74) is 0.407. The van der Waals surface area contributed by atoms with Crippen LogP contribution in [0.5, 0.6) is 11.5 Å². The number of carbonyl (C=O) groups excluding carboxylic acids is 1. The first-order chi connectivity index (χ1) is 17.6. The molecule has 1 unspecified atom stereocenters. The molecule has 0 aliphatic carbocycles. The summed E-state index contributed by atoms with van der Waals surface area (Å²) in [6.07, 6.45) is 5.43. The first kappa shape index (κ1) is 23.3. The normalized spacial score (nSPS) is 25.4. The average Bonchev–Trinajstić information content (AvgIpc) is 2.92. The third-order valence-corrected chi connectivity index (χ3v) is 8.56. The number of unbranched alkanes of at least 4 members (excludes halogenated alkanes) is 1. The van der Waals surface area contributed by atoms with Gasteiger partial charge in [-0.05, 0) is 37.0 Å². The second kappa shape index (κ2) is 9.38. The quantitative estimate of drug-likeness (QED) is 0.284. The van der Waals surface area contributed by atoms with Gasteiger partial charge in [-0.1, -0.05) is 66.7 Å². The van der Waals surface area contributed by atoms with E-state index in [-0.39, 0.29) is 6.10 Å². The van der Waals surface area contributed by atoms with Crippen molar-refractivity contribution in [1.29, 1.82) is 0 Å². The number of para-hydroxylation sites is 2. The summed E-state index contributed by atoms with van der Waals surface area (Å²) < 4.78 is 13.2. The van der Waals surface area contributed by atoms with Gasteiger partial charge in [-0.15, -0.1) is 0 Å². The molecule has 1 N–H and O–H groups in total. The highest BCUT2D eigenvalue weighted by atomic mass is 16.6. The molecule has 4 heterocycles. The highest BCUT2D eigenvalue weighted by Gasteiger charge is 2.52. The summed E-state index contributed by atoms with van der Waals surface area (Å²) in [7, 11) is 0. The number of nitrogens with zero attached hydrogens (tertiary/aromatic N) is 1. The summed E-state index contributed by atoms with van der Waals surface area (Å²) in [6, 6.07) is 25.1. The van der Waals surface area contributed by atoms with Gasteiger partial charge in [0, 0.05) is 29.9 Å². The Balaban J connectivity index is 1.17. The number of rotatable bonds is 7. The van der Waals surface area contributed by atoms with Crippen LogP contribution >= 0.6 is 0 Å². The number of hydrogen-bond donors (Lipinski definition) is 1. The topological polar surface area (TPSA) is 55.8 Å². The number of esters is 1. The number of carbonyl (C=O) groups is 1. The minimum atomic E-state index is -1.88. The van der Waals surface area contributed by atoms with Crippen molar-refractivity contribution >= 4 is 5.97 Å². The molecule has 0 spiro atoms. The maximum Gasteiger partial charge on any atom is 0.348 e. The molecule has 4 aliphatic heterocycles. The maximum absolute atomic E-state index is 13.8. The Morgan fingerprint density at radius 1 is 0.889 bits per heavy atom. The second-order valence-electron chi connectivity index (χ2n) is 10.7. The van der Waals surface area contributed by atoms with Crippen molar-refractivity contribution in [2.45, 2.75) is 43.8 Å². The number of quaternary nitrogens is 1. The molecule has 3 saturated heterocycles. The van der Waals surface area contributed by atoms with Crippen LogP contribution in [0.3, 0.4) is 0 Å². The van der Waals surface area contributed by atoms with Crippen LogP contribution in [0.25, 0.3) is 0 Å². The lowest BCUT2D eigenvalue weighted by Gasteiger charge is -2.52. The van der Waals surface area contributed by atoms with Gasteiger partial charge in [0.25, 0.3) is 0 Å². The molecule has 0 saturated carbocycles. The minimum absolute atomic E-state index is 0.166. The molecule has 3 aromatic rings. The maximum atomic E-state index is 13.8. The monoisotopic (exact) mass is 484 g/mol. The zero-order valence-corrected chi connectivity index (χ0v) is 20.6. The van der Waals surface area contributed by atoms with Crippen LogP contribution < -0.4 is 4.74 Å². The third kappa shape index (κ3) is 4.10. The predicted octanol–water partition coefficient (Wildman–Crippen LogP) is 5.20. The number of piperidine rings is 3. The van der Waals surface area contributed by atoms with Crippen LogP contribution in [0.4, 0.5) is 0 Å². The minimum Gasteiger partial charge on any atom is -0.457 e. The number of aryl methyl sites for hydroxylation is 1. The van der Waals surface area contributed by atoms with Crippen molar-refractivity contribution in [2.24, 2.45) is 5.92 Å². The Labute approximate surface area is 212 Å². The number of fused-ring (bicyclic) bond motifs is 5. The highest BCUT2D eigenvalue weighted by molar-refractivity contribution is 5.88. The summed E-state index contributed by atoms with van der Waals surface area (Å²) >= 11 is 0. The van der Waals surface area contributed by atoms with E-state index in [1.807, 2.05) is 24.3 Å². The van der Waals surface area contributed by atoms with Gasteiger partial charge in [0.05, 0.1) is 19.6 Å². The van der Waals surface area contributed by atoms with E-state index in [1.165, 1.54) is 18.4 Å². The summed E-state index contributed by atoms with van der Waals surface area (Å²) in [5.74, 6) is 0.761. The molecular weight excluding hydrogens is 450 g/mol. The first-order valence-corrected chi connectivity index (χ1v) is 13.3. The van der Waals surface area contributed by atoms with Crippen LogP contribution in [0, 0.1) is 5.92 Å². The molecule has 1 atom stereocenters. The lowest BCUT2D eigenvalue weighted by atomic mass is 9.81. The molecule has 36 heavy (non-hydrogen) atoms. The molecule has 4 aliphatic rings. The van der Waals surface area contributed by atoms with E-state index in [0.717, 1.165) is 49.9 Å². The van der Waals surface area contributed by atoms with Gasteiger partial charge in [-0.2, -0.15) is 0 Å². The highest BCUT2D eigenvalue weighted by Crippen LogP contribution is 2.48. The number of benzene rings is 3. The zero-order chi connectivity index (χ0) is 24.6. The van der Waals surface area contributed by atoms with Crippen molar-refractivity contribution in [2.75, 3.05) is 26.2 Å². The molecule has 3 fully saturated rings. The molecule has 0 radical (unpaired) electrons. The van der Waals surface area contributed by atoms with Gasteiger partial charge in [-0.3, -0.25) is 0 Å². The van der Waals surface area contributed by atoms with E-state index in [4.69, 9.17) is 9.47 Å². The van der Waals surface area contributed by atoms with Crippen molar-refractivity contribution in [3.8, 4) is 11.5 Å². The SMILES string of the molecule is O=C(OC1C[N+]2(CCCCc3ccccc3)CCC1CC2)C1(O)c2ccccc2Oc2ccccc21. The molecule has 3 aromatic carbocycles. The van der Waals surface area contributed by atoms with Crippen LogP contribution in [0.1, 0.15) is 42.4 Å². The van der Waals surface area contributed by atoms with Crippen LogP contribution in [-0.2, 0) is 21.6 Å². The Morgan fingerprint density at radius 2 is 1.50 bits per heavy atom. The van der Waals surface area contributed by atoms with E-state index >= 15 is 0 Å². The Hall–Kier alpha value is -3.15. The molecule has 186 valence electrons. The van der Waals surface area contributed by atoms with Crippen molar-refractivity contribution in [3.05, 3.63) is 95.6 Å². The summed E-state index contributed by atoms with van der Waals surface area (Å²) in [4.78, 5) is 13.8. The van der Waals surface area contributed by atoms with Gasteiger partial charge in [-0.25, -0.2) is 4.79 Å². The fourth-order valence-corrected chi connectivity index (χ4v) is 6.51.